The Kier molecular flexibility index (Phi) is 5.89. The Morgan fingerprint density at radius 3 is 2.16 bits per heavy atom. The van der Waals surface area contributed by atoms with Crippen LogP contribution < -0.4 is 9.47 Å². The smallest absolute Gasteiger partial charge is 0.167 e. The van der Waals surface area contributed by atoms with Crippen molar-refractivity contribution in [3.05, 3.63) is 84.2 Å². The van der Waals surface area contributed by atoms with Gasteiger partial charge in [0.25, 0.3) is 0 Å². The summed E-state index contributed by atoms with van der Waals surface area (Å²) in [5, 5.41) is 10.3. The van der Waals surface area contributed by atoms with Gasteiger partial charge in [-0.1, -0.05) is 54.6 Å². The first-order chi connectivity index (χ1) is 15.2. The second-order valence-corrected chi connectivity index (χ2v) is 6.67. The Hall–Kier alpha value is -4.19. The van der Waals surface area contributed by atoms with E-state index in [2.05, 4.69) is 15.0 Å². The van der Waals surface area contributed by atoms with Crippen molar-refractivity contribution in [3.8, 4) is 40.0 Å². The quantitative estimate of drug-likeness (QED) is 0.476. The molecule has 0 aliphatic heterocycles. The first-order valence-electron chi connectivity index (χ1n) is 9.68. The van der Waals surface area contributed by atoms with Crippen LogP contribution in [0, 0.1) is 0 Å². The molecule has 1 N–H and O–H groups in total. The van der Waals surface area contributed by atoms with Crippen molar-refractivity contribution in [3.63, 3.8) is 0 Å². The summed E-state index contributed by atoms with van der Waals surface area (Å²) in [6.07, 6.45) is 3.69. The Morgan fingerprint density at radius 2 is 1.42 bits per heavy atom. The van der Waals surface area contributed by atoms with Crippen LogP contribution in [0.25, 0.3) is 34.9 Å². The van der Waals surface area contributed by atoms with Crippen molar-refractivity contribution in [1.29, 1.82) is 0 Å². The molecule has 154 valence electrons. The highest BCUT2D eigenvalue weighted by Crippen LogP contribution is 2.29. The van der Waals surface area contributed by atoms with Crippen LogP contribution in [0.15, 0.2) is 72.8 Å². The van der Waals surface area contributed by atoms with Gasteiger partial charge in [0.05, 0.1) is 19.8 Å². The highest BCUT2D eigenvalue weighted by molar-refractivity contribution is 5.72. The summed E-state index contributed by atoms with van der Waals surface area (Å²) >= 11 is 0. The number of ether oxygens (including phenoxy) is 2. The molecule has 0 aliphatic carbocycles. The van der Waals surface area contributed by atoms with Gasteiger partial charge >= 0.3 is 0 Å². The number of aromatic nitrogens is 3. The second-order valence-electron chi connectivity index (χ2n) is 6.67. The maximum absolute atomic E-state index is 10.3. The second kappa shape index (κ2) is 9.09. The number of benzene rings is 3. The third-order valence-corrected chi connectivity index (χ3v) is 4.66. The number of methoxy groups -OCH3 is 2. The van der Waals surface area contributed by atoms with Crippen LogP contribution in [0.3, 0.4) is 0 Å². The fourth-order valence-electron chi connectivity index (χ4n) is 3.09. The zero-order valence-electron chi connectivity index (χ0n) is 17.2. The van der Waals surface area contributed by atoms with E-state index in [0.717, 1.165) is 11.1 Å². The Bertz CT molecular complexity index is 1220. The van der Waals surface area contributed by atoms with Crippen molar-refractivity contribution in [2.24, 2.45) is 0 Å². The molecule has 0 fully saturated rings. The van der Waals surface area contributed by atoms with Crippen molar-refractivity contribution >= 4 is 12.2 Å². The van der Waals surface area contributed by atoms with E-state index in [-0.39, 0.29) is 5.75 Å². The summed E-state index contributed by atoms with van der Waals surface area (Å²) in [5.74, 6) is 2.82. The summed E-state index contributed by atoms with van der Waals surface area (Å²) in [4.78, 5) is 13.7. The van der Waals surface area contributed by atoms with Crippen LogP contribution in [0.5, 0.6) is 17.2 Å². The number of phenolic OH excluding ortho intramolecular Hbond substituents is 1. The maximum atomic E-state index is 10.3. The summed E-state index contributed by atoms with van der Waals surface area (Å²) in [7, 11) is 3.20. The summed E-state index contributed by atoms with van der Waals surface area (Å²) in [6.45, 7) is 0. The van der Waals surface area contributed by atoms with Gasteiger partial charge in [0.1, 0.15) is 5.75 Å². The molecule has 6 heteroatoms. The van der Waals surface area contributed by atoms with Gasteiger partial charge < -0.3 is 14.6 Å². The summed E-state index contributed by atoms with van der Waals surface area (Å²) in [5.41, 5.74) is 2.31. The largest absolute Gasteiger partial charge is 0.507 e. The first-order valence-corrected chi connectivity index (χ1v) is 9.68. The minimum absolute atomic E-state index is 0.113. The van der Waals surface area contributed by atoms with E-state index in [0.29, 0.717) is 34.5 Å². The lowest BCUT2D eigenvalue weighted by Gasteiger charge is -2.08. The predicted molar refractivity (Wildman–Crippen MR) is 121 cm³/mol. The number of rotatable bonds is 6. The van der Waals surface area contributed by atoms with E-state index >= 15 is 0 Å². The summed E-state index contributed by atoms with van der Waals surface area (Å²) in [6, 6.07) is 22.3. The molecule has 0 saturated carbocycles. The molecule has 0 unspecified atom stereocenters. The minimum atomic E-state index is 0.113. The Labute approximate surface area is 180 Å². The molecular weight excluding hydrogens is 390 g/mol. The molecule has 0 spiro atoms. The molecule has 0 amide bonds. The fourth-order valence-corrected chi connectivity index (χ4v) is 3.09. The van der Waals surface area contributed by atoms with Crippen molar-refractivity contribution < 1.29 is 14.6 Å². The Morgan fingerprint density at radius 1 is 0.710 bits per heavy atom. The normalized spacial score (nSPS) is 10.9. The molecule has 0 saturated heterocycles. The molecule has 0 atom stereocenters. The molecule has 0 radical (unpaired) electrons. The van der Waals surface area contributed by atoms with Gasteiger partial charge in [-0.2, -0.15) is 0 Å². The standard InChI is InChI=1S/C25H21N3O3/c1-30-21-14-12-17(16-22(21)31-2)13-15-23-26-24(18-8-4-3-5-9-18)28-25(27-23)19-10-6-7-11-20(19)29/h3-16,29H,1-2H3. The SMILES string of the molecule is COc1ccc(C=Cc2nc(-c3ccccc3)nc(-c3ccccc3O)n2)cc1OC. The predicted octanol–water partition coefficient (Wildman–Crippen LogP) is 5.10. The molecule has 4 aromatic rings. The van der Waals surface area contributed by atoms with Crippen LogP contribution >= 0.6 is 0 Å². The average molecular weight is 411 g/mol. The van der Waals surface area contributed by atoms with Gasteiger partial charge in [0.15, 0.2) is 29.0 Å². The number of hydrogen-bond donors (Lipinski definition) is 1. The van der Waals surface area contributed by atoms with Crippen molar-refractivity contribution in [1.82, 2.24) is 15.0 Å². The Balaban J connectivity index is 1.77. The topological polar surface area (TPSA) is 77.4 Å². The van der Waals surface area contributed by atoms with Gasteiger partial charge in [-0.15, -0.1) is 0 Å². The third kappa shape index (κ3) is 4.53. The molecular formula is C25H21N3O3. The van der Waals surface area contributed by atoms with Gasteiger partial charge in [0.2, 0.25) is 0 Å². The van der Waals surface area contributed by atoms with Gasteiger partial charge in [-0.3, -0.25) is 0 Å². The lowest BCUT2D eigenvalue weighted by molar-refractivity contribution is 0.355. The van der Waals surface area contributed by atoms with Gasteiger partial charge in [-0.05, 0) is 35.9 Å². The van der Waals surface area contributed by atoms with E-state index in [1.54, 1.807) is 38.5 Å². The highest BCUT2D eigenvalue weighted by atomic mass is 16.5. The molecule has 3 aromatic carbocycles. The highest BCUT2D eigenvalue weighted by Gasteiger charge is 2.12. The number of aromatic hydroxyl groups is 1. The molecule has 1 aromatic heterocycles. The van der Waals surface area contributed by atoms with Crippen LogP contribution in [0.2, 0.25) is 0 Å². The number of nitrogens with zero attached hydrogens (tertiary/aromatic N) is 3. The van der Waals surface area contributed by atoms with E-state index < -0.39 is 0 Å². The van der Waals surface area contributed by atoms with Crippen molar-refractivity contribution in [2.45, 2.75) is 0 Å². The number of hydrogen-bond acceptors (Lipinski definition) is 6. The van der Waals surface area contributed by atoms with E-state index in [1.807, 2.05) is 60.7 Å². The molecule has 6 nitrogen and oxygen atoms in total. The van der Waals surface area contributed by atoms with Crippen LogP contribution in [0.1, 0.15) is 11.4 Å². The van der Waals surface area contributed by atoms with E-state index in [1.165, 1.54) is 0 Å². The third-order valence-electron chi connectivity index (χ3n) is 4.66. The van der Waals surface area contributed by atoms with Crippen LogP contribution in [-0.2, 0) is 0 Å². The lowest BCUT2D eigenvalue weighted by Crippen LogP contribution is -2.00. The van der Waals surface area contributed by atoms with Crippen LogP contribution in [0.4, 0.5) is 0 Å². The zero-order chi connectivity index (χ0) is 21.6. The monoisotopic (exact) mass is 411 g/mol. The number of para-hydroxylation sites is 1. The van der Waals surface area contributed by atoms with Gasteiger partial charge in [-0.25, -0.2) is 15.0 Å². The average Bonchev–Trinajstić information content (AvgIpc) is 2.83. The van der Waals surface area contributed by atoms with Gasteiger partial charge in [0, 0.05) is 5.56 Å². The molecule has 0 aliphatic rings. The van der Waals surface area contributed by atoms with E-state index in [9.17, 15) is 5.11 Å². The molecule has 31 heavy (non-hydrogen) atoms. The number of phenols is 1. The molecule has 4 rings (SSSR count). The maximum Gasteiger partial charge on any atom is 0.167 e. The lowest BCUT2D eigenvalue weighted by atomic mass is 10.1. The molecule has 1 heterocycles. The fraction of sp³-hybridized carbons (Fsp3) is 0.0800. The van der Waals surface area contributed by atoms with Crippen LogP contribution in [-0.4, -0.2) is 34.3 Å². The molecule has 0 bridgehead atoms. The summed E-state index contributed by atoms with van der Waals surface area (Å²) < 4.78 is 10.7. The first kappa shape index (κ1) is 20.1. The minimum Gasteiger partial charge on any atom is -0.507 e. The zero-order valence-corrected chi connectivity index (χ0v) is 17.2. The van der Waals surface area contributed by atoms with E-state index in [4.69, 9.17) is 9.47 Å². The van der Waals surface area contributed by atoms with Crippen molar-refractivity contribution in [2.75, 3.05) is 14.2 Å².